The van der Waals surface area contributed by atoms with Crippen LogP contribution in [-0.4, -0.2) is 94.5 Å². The number of hydrogen-bond donors (Lipinski definition) is 0. The van der Waals surface area contributed by atoms with Crippen molar-refractivity contribution >= 4 is 23.6 Å². The number of benzene rings is 1. The van der Waals surface area contributed by atoms with Crippen molar-refractivity contribution in [3.05, 3.63) is 70.3 Å². The normalized spacial score (nSPS) is 21.9. The Morgan fingerprint density at radius 2 is 1.80 bits per heavy atom. The molecule has 0 unspecified atom stereocenters. The van der Waals surface area contributed by atoms with E-state index in [9.17, 15) is 18.8 Å². The van der Waals surface area contributed by atoms with E-state index in [1.165, 1.54) is 12.1 Å². The SMILES string of the molecule is CC1=C(C)C(=O)N(C[C@H]2CN(C(=O)OC(C)(C)C)[C@H](C)CN2CC(=O)N2CC(C)(C)c3cnc(Cc4ccc(F)cc4)cc32)C1. The van der Waals surface area contributed by atoms with Gasteiger partial charge in [-0.3, -0.25) is 19.5 Å². The van der Waals surface area contributed by atoms with E-state index in [4.69, 9.17) is 4.74 Å². The van der Waals surface area contributed by atoms with Crippen molar-refractivity contribution in [2.75, 3.05) is 44.2 Å². The van der Waals surface area contributed by atoms with E-state index in [2.05, 4.69) is 23.7 Å². The molecule has 0 N–H and O–H groups in total. The van der Waals surface area contributed by atoms with Crippen LogP contribution in [0.5, 0.6) is 0 Å². The van der Waals surface area contributed by atoms with Crippen LogP contribution in [0.3, 0.4) is 0 Å². The summed E-state index contributed by atoms with van der Waals surface area (Å²) < 4.78 is 19.2. The molecule has 0 aliphatic carbocycles. The molecule has 1 aromatic heterocycles. The molecule has 0 radical (unpaired) electrons. The van der Waals surface area contributed by atoms with Crippen LogP contribution in [0.4, 0.5) is 14.9 Å². The van der Waals surface area contributed by atoms with Crippen LogP contribution in [0.25, 0.3) is 0 Å². The third-order valence-electron chi connectivity index (χ3n) is 9.14. The summed E-state index contributed by atoms with van der Waals surface area (Å²) in [5, 5.41) is 0. The van der Waals surface area contributed by atoms with Gasteiger partial charge >= 0.3 is 6.09 Å². The number of fused-ring (bicyclic) bond motifs is 1. The number of halogens is 1. The minimum absolute atomic E-state index is 0.00220. The van der Waals surface area contributed by atoms with Gasteiger partial charge in [-0.05, 0) is 70.9 Å². The van der Waals surface area contributed by atoms with Gasteiger partial charge in [0.2, 0.25) is 11.8 Å². The van der Waals surface area contributed by atoms with Gasteiger partial charge in [0.15, 0.2) is 0 Å². The molecule has 1 fully saturated rings. The highest BCUT2D eigenvalue weighted by Gasteiger charge is 2.42. The van der Waals surface area contributed by atoms with E-state index in [0.717, 1.165) is 33.7 Å². The first-order chi connectivity index (χ1) is 21.0. The summed E-state index contributed by atoms with van der Waals surface area (Å²) in [7, 11) is 0. The zero-order chi connectivity index (χ0) is 32.8. The Kier molecular flexibility index (Phi) is 8.83. The average molecular weight is 620 g/mol. The molecule has 0 spiro atoms. The Balaban J connectivity index is 1.37. The number of carbonyl (C=O) groups is 3. The maximum atomic E-state index is 14.2. The van der Waals surface area contributed by atoms with Gasteiger partial charge in [0.1, 0.15) is 11.4 Å². The van der Waals surface area contributed by atoms with Gasteiger partial charge in [-0.1, -0.05) is 26.0 Å². The summed E-state index contributed by atoms with van der Waals surface area (Å²) in [6, 6.07) is 7.92. The van der Waals surface area contributed by atoms with E-state index >= 15 is 0 Å². The summed E-state index contributed by atoms with van der Waals surface area (Å²) in [5.41, 5.74) is 4.48. The minimum atomic E-state index is -0.636. The highest BCUT2D eigenvalue weighted by Crippen LogP contribution is 2.41. The van der Waals surface area contributed by atoms with Gasteiger partial charge in [-0.15, -0.1) is 0 Å². The van der Waals surface area contributed by atoms with E-state index in [1.807, 2.05) is 63.6 Å². The largest absolute Gasteiger partial charge is 0.444 e. The summed E-state index contributed by atoms with van der Waals surface area (Å²) in [5.74, 6) is -0.325. The molecule has 5 rings (SSSR count). The number of pyridine rings is 1. The van der Waals surface area contributed by atoms with E-state index in [-0.39, 0.29) is 47.8 Å². The topological polar surface area (TPSA) is 86.3 Å². The highest BCUT2D eigenvalue weighted by atomic mass is 19.1. The fourth-order valence-corrected chi connectivity index (χ4v) is 6.54. The molecule has 2 atom stereocenters. The number of rotatable bonds is 6. The Morgan fingerprint density at radius 3 is 2.42 bits per heavy atom. The molecule has 3 aliphatic rings. The Labute approximate surface area is 266 Å². The lowest BCUT2D eigenvalue weighted by atomic mass is 9.88. The first-order valence-corrected chi connectivity index (χ1v) is 15.8. The van der Waals surface area contributed by atoms with Gasteiger partial charge in [-0.2, -0.15) is 0 Å². The number of amides is 3. The van der Waals surface area contributed by atoms with Gasteiger partial charge in [0, 0.05) is 79.7 Å². The molecule has 0 saturated carbocycles. The number of ether oxygens (including phenoxy) is 1. The monoisotopic (exact) mass is 619 g/mol. The van der Waals surface area contributed by atoms with Crippen LogP contribution < -0.4 is 4.90 Å². The molecule has 1 aromatic carbocycles. The molecule has 4 heterocycles. The molecule has 10 heteroatoms. The van der Waals surface area contributed by atoms with Crippen molar-refractivity contribution < 1.29 is 23.5 Å². The standard InChI is InChI=1S/C35H46FN5O4/c1-22-16-39(32(43)24(22)3)18-28-19-40(33(44)45-34(4,5)6)23(2)17-38(28)20-31(42)41-21-35(7,8)29-15-37-27(14-30(29)41)13-25-9-11-26(36)12-10-25/h9-12,14-15,23,28H,13,16-21H2,1-8H3/t23-,28+/m1/s1. The lowest BCUT2D eigenvalue weighted by Gasteiger charge is -2.46. The van der Waals surface area contributed by atoms with Crippen molar-refractivity contribution in [1.82, 2.24) is 19.7 Å². The quantitative estimate of drug-likeness (QED) is 0.456. The summed E-state index contributed by atoms with van der Waals surface area (Å²) in [6.45, 7) is 18.0. The fraction of sp³-hybridized carbons (Fsp3) is 0.543. The van der Waals surface area contributed by atoms with Gasteiger partial charge in [0.25, 0.3) is 0 Å². The fourth-order valence-electron chi connectivity index (χ4n) is 6.54. The number of aromatic nitrogens is 1. The van der Waals surface area contributed by atoms with Crippen LogP contribution in [0, 0.1) is 5.82 Å². The molecule has 3 aliphatic heterocycles. The van der Waals surface area contributed by atoms with Crippen molar-refractivity contribution in [3.8, 4) is 0 Å². The third-order valence-corrected chi connectivity index (χ3v) is 9.14. The molecule has 0 bridgehead atoms. The molecular weight excluding hydrogens is 573 g/mol. The second kappa shape index (κ2) is 12.2. The van der Waals surface area contributed by atoms with Crippen molar-refractivity contribution in [1.29, 1.82) is 0 Å². The van der Waals surface area contributed by atoms with Crippen molar-refractivity contribution in [2.24, 2.45) is 0 Å². The number of hydrogen-bond acceptors (Lipinski definition) is 6. The molecule has 3 amide bonds. The Hall–Kier alpha value is -3.79. The van der Waals surface area contributed by atoms with Gasteiger partial charge in [-0.25, -0.2) is 9.18 Å². The second-order valence-electron chi connectivity index (χ2n) is 14.5. The Morgan fingerprint density at radius 1 is 1.11 bits per heavy atom. The molecular formula is C35H46FN5O4. The van der Waals surface area contributed by atoms with Crippen molar-refractivity contribution in [3.63, 3.8) is 0 Å². The lowest BCUT2D eigenvalue weighted by molar-refractivity contribution is -0.127. The molecule has 2 aromatic rings. The molecule has 242 valence electrons. The Bertz CT molecular complexity index is 1510. The average Bonchev–Trinajstić information content (AvgIpc) is 3.36. The van der Waals surface area contributed by atoms with Crippen molar-refractivity contribution in [2.45, 2.75) is 84.9 Å². The molecule has 1 saturated heterocycles. The van der Waals surface area contributed by atoms with Gasteiger partial charge in [0.05, 0.1) is 12.2 Å². The minimum Gasteiger partial charge on any atom is -0.444 e. The zero-order valence-corrected chi connectivity index (χ0v) is 27.8. The summed E-state index contributed by atoms with van der Waals surface area (Å²) in [6.07, 6.45) is 2.00. The number of nitrogens with zero attached hydrogens (tertiary/aromatic N) is 5. The van der Waals surface area contributed by atoms with E-state index in [1.54, 1.807) is 17.0 Å². The number of anilines is 1. The first-order valence-electron chi connectivity index (χ1n) is 15.8. The van der Waals surface area contributed by atoms with Gasteiger partial charge < -0.3 is 19.4 Å². The summed E-state index contributed by atoms with van der Waals surface area (Å²) >= 11 is 0. The smallest absolute Gasteiger partial charge is 0.410 e. The zero-order valence-electron chi connectivity index (χ0n) is 27.8. The second-order valence-corrected chi connectivity index (χ2v) is 14.5. The van der Waals surface area contributed by atoms with Crippen LogP contribution in [0.2, 0.25) is 0 Å². The predicted octanol–water partition coefficient (Wildman–Crippen LogP) is 4.92. The predicted molar refractivity (Wildman–Crippen MR) is 172 cm³/mol. The van der Waals surface area contributed by atoms with E-state index < -0.39 is 5.60 Å². The molecule has 9 nitrogen and oxygen atoms in total. The third kappa shape index (κ3) is 7.06. The van der Waals surface area contributed by atoms with Crippen LogP contribution >= 0.6 is 0 Å². The summed E-state index contributed by atoms with van der Waals surface area (Å²) in [4.78, 5) is 52.6. The van der Waals surface area contributed by atoms with Crippen LogP contribution in [0.15, 0.2) is 47.7 Å². The number of carbonyl (C=O) groups excluding carboxylic acids is 3. The maximum Gasteiger partial charge on any atom is 0.410 e. The van der Waals surface area contributed by atoms with Crippen LogP contribution in [-0.2, 0) is 26.2 Å². The highest BCUT2D eigenvalue weighted by molar-refractivity contribution is 5.98. The van der Waals surface area contributed by atoms with Crippen LogP contribution in [0.1, 0.15) is 72.2 Å². The maximum absolute atomic E-state index is 14.2. The number of piperazine rings is 1. The molecule has 45 heavy (non-hydrogen) atoms. The lowest BCUT2D eigenvalue weighted by Crippen LogP contribution is -2.63. The van der Waals surface area contributed by atoms with E-state index in [0.29, 0.717) is 39.1 Å². The first kappa shape index (κ1) is 32.6.